The molecule has 1 aromatic heterocycles. The van der Waals surface area contributed by atoms with Crippen LogP contribution >= 0.6 is 0 Å². The van der Waals surface area contributed by atoms with Crippen LogP contribution in [0.15, 0.2) is 24.3 Å². The molecule has 2 heterocycles. The summed E-state index contributed by atoms with van der Waals surface area (Å²) in [6.45, 7) is 13.2. The Kier molecular flexibility index (Phi) is 5.67. The highest BCUT2D eigenvalue weighted by Crippen LogP contribution is 2.32. The van der Waals surface area contributed by atoms with Gasteiger partial charge in [0, 0.05) is 31.7 Å². The Morgan fingerprint density at radius 1 is 1.12 bits per heavy atom. The normalized spacial score (nSPS) is 18.2. The zero-order valence-corrected chi connectivity index (χ0v) is 16.2. The number of likely N-dealkylation sites (N-methyl/N-ethyl adjacent to an activating group) is 1. The summed E-state index contributed by atoms with van der Waals surface area (Å²) in [5, 5.41) is 12.5. The van der Waals surface area contributed by atoms with Crippen molar-refractivity contribution in [1.82, 2.24) is 30.0 Å². The average Bonchev–Trinajstić information content (AvgIpc) is 3.14. The molecule has 1 fully saturated rings. The first kappa shape index (κ1) is 18.9. The van der Waals surface area contributed by atoms with Crippen LogP contribution in [0.2, 0.25) is 0 Å². The third-order valence-electron chi connectivity index (χ3n) is 5.60. The smallest absolute Gasteiger partial charge is 0.173 e. The minimum Gasteiger partial charge on any atom is -0.301 e. The first-order valence-corrected chi connectivity index (χ1v) is 9.47. The van der Waals surface area contributed by atoms with E-state index in [-0.39, 0.29) is 17.4 Å². The second-order valence-electron chi connectivity index (χ2n) is 7.51. The number of hydrogen-bond donors (Lipinski definition) is 0. The summed E-state index contributed by atoms with van der Waals surface area (Å²) < 4.78 is 16.6. The Labute approximate surface area is 155 Å². The summed E-state index contributed by atoms with van der Waals surface area (Å²) in [5.41, 5.74) is 0.411. The number of benzene rings is 1. The molecule has 6 nitrogen and oxygen atoms in total. The van der Waals surface area contributed by atoms with E-state index in [0.717, 1.165) is 39.1 Å². The lowest BCUT2D eigenvalue weighted by Crippen LogP contribution is -2.48. The molecule has 0 unspecified atom stereocenters. The van der Waals surface area contributed by atoms with Crippen LogP contribution in [0.4, 0.5) is 4.39 Å². The van der Waals surface area contributed by atoms with Gasteiger partial charge in [0.05, 0.1) is 5.54 Å². The number of nitrogens with zero attached hydrogens (tertiary/aromatic N) is 6. The minimum absolute atomic E-state index is 0.209. The molecule has 0 spiro atoms. The number of halogens is 1. The summed E-state index contributed by atoms with van der Waals surface area (Å²) >= 11 is 0. The lowest BCUT2D eigenvalue weighted by atomic mass is 9.98. The van der Waals surface area contributed by atoms with Crippen molar-refractivity contribution in [2.45, 2.75) is 45.7 Å². The van der Waals surface area contributed by atoms with Gasteiger partial charge < -0.3 is 4.90 Å². The van der Waals surface area contributed by atoms with Crippen molar-refractivity contribution in [3.8, 4) is 0 Å². The molecule has 0 amide bonds. The fraction of sp³-hybridized carbons (Fsp3) is 0.632. The van der Waals surface area contributed by atoms with Crippen LogP contribution in [0, 0.1) is 5.82 Å². The predicted molar refractivity (Wildman–Crippen MR) is 99.4 cm³/mol. The summed E-state index contributed by atoms with van der Waals surface area (Å²) in [4.78, 5) is 4.71. The maximum atomic E-state index is 14.7. The zero-order valence-electron chi connectivity index (χ0n) is 16.2. The maximum absolute atomic E-state index is 14.7. The Bertz CT molecular complexity index is 720. The minimum atomic E-state index is -0.281. The first-order chi connectivity index (χ1) is 12.5. The second-order valence-corrected chi connectivity index (χ2v) is 7.51. The van der Waals surface area contributed by atoms with Gasteiger partial charge in [0.15, 0.2) is 5.82 Å². The summed E-state index contributed by atoms with van der Waals surface area (Å²) in [7, 11) is 0. The van der Waals surface area contributed by atoms with Crippen molar-refractivity contribution in [3.05, 3.63) is 41.5 Å². The van der Waals surface area contributed by atoms with Gasteiger partial charge in [-0.25, -0.2) is 9.07 Å². The highest BCUT2D eigenvalue weighted by Gasteiger charge is 2.35. The van der Waals surface area contributed by atoms with E-state index in [1.807, 2.05) is 16.8 Å². The summed E-state index contributed by atoms with van der Waals surface area (Å²) in [6, 6.07) is 6.70. The van der Waals surface area contributed by atoms with Gasteiger partial charge >= 0.3 is 0 Å². The molecule has 0 bridgehead atoms. The van der Waals surface area contributed by atoms with Crippen molar-refractivity contribution in [2.24, 2.45) is 0 Å². The Morgan fingerprint density at radius 2 is 1.81 bits per heavy atom. The molecule has 3 rings (SSSR count). The molecule has 1 atom stereocenters. The van der Waals surface area contributed by atoms with Crippen LogP contribution in [-0.2, 0) is 5.54 Å². The lowest BCUT2D eigenvalue weighted by molar-refractivity contribution is 0.104. The van der Waals surface area contributed by atoms with E-state index in [1.54, 1.807) is 6.07 Å². The molecule has 142 valence electrons. The van der Waals surface area contributed by atoms with Crippen LogP contribution in [-0.4, -0.2) is 62.7 Å². The van der Waals surface area contributed by atoms with Crippen LogP contribution in [0.25, 0.3) is 0 Å². The Balaban J connectivity index is 2.03. The van der Waals surface area contributed by atoms with Gasteiger partial charge in [-0.15, -0.1) is 5.10 Å². The topological polar surface area (TPSA) is 50.1 Å². The van der Waals surface area contributed by atoms with Gasteiger partial charge in [0.1, 0.15) is 11.9 Å². The van der Waals surface area contributed by atoms with Crippen LogP contribution in [0.1, 0.15) is 51.5 Å². The zero-order chi connectivity index (χ0) is 18.7. The largest absolute Gasteiger partial charge is 0.301 e. The van der Waals surface area contributed by atoms with Crippen LogP contribution in [0.5, 0.6) is 0 Å². The third kappa shape index (κ3) is 3.64. The van der Waals surface area contributed by atoms with Crippen molar-refractivity contribution < 1.29 is 4.39 Å². The van der Waals surface area contributed by atoms with Crippen molar-refractivity contribution in [2.75, 3.05) is 32.7 Å². The molecular formula is C19H29FN6. The highest BCUT2D eigenvalue weighted by atomic mass is 19.1. The fourth-order valence-electron chi connectivity index (χ4n) is 3.48. The summed E-state index contributed by atoms with van der Waals surface area (Å²) in [5.74, 6) is 0.506. The molecule has 0 saturated carbocycles. The van der Waals surface area contributed by atoms with Crippen molar-refractivity contribution in [3.63, 3.8) is 0 Å². The molecule has 0 N–H and O–H groups in total. The average molecular weight is 360 g/mol. The van der Waals surface area contributed by atoms with Gasteiger partial charge in [-0.1, -0.05) is 32.0 Å². The number of hydrogen-bond acceptors (Lipinski definition) is 5. The number of tetrazole rings is 1. The molecule has 1 aromatic carbocycles. The molecule has 1 aliphatic heterocycles. The van der Waals surface area contributed by atoms with Crippen LogP contribution < -0.4 is 0 Å². The van der Waals surface area contributed by atoms with E-state index in [2.05, 4.69) is 53.0 Å². The fourth-order valence-corrected chi connectivity index (χ4v) is 3.48. The standard InChI is InChI=1S/C19H29FN6/c1-5-19(3,4)26-18(21-22-23-26)17(15-9-7-8-10-16(15)20)25-13-11-24(6-2)12-14-25/h7-10,17H,5-6,11-14H2,1-4H3/t17-/m1/s1. The molecule has 0 radical (unpaired) electrons. The van der Waals surface area contributed by atoms with Crippen molar-refractivity contribution in [1.29, 1.82) is 0 Å². The maximum Gasteiger partial charge on any atom is 0.173 e. The van der Waals surface area contributed by atoms with Gasteiger partial charge in [0.2, 0.25) is 0 Å². The molecule has 1 saturated heterocycles. The monoisotopic (exact) mass is 360 g/mol. The van der Waals surface area contributed by atoms with Gasteiger partial charge in [-0.05, 0) is 43.3 Å². The van der Waals surface area contributed by atoms with Gasteiger partial charge in [-0.2, -0.15) is 0 Å². The van der Waals surface area contributed by atoms with Crippen molar-refractivity contribution >= 4 is 0 Å². The van der Waals surface area contributed by atoms with E-state index in [9.17, 15) is 4.39 Å². The van der Waals surface area contributed by atoms with E-state index >= 15 is 0 Å². The SMILES string of the molecule is CCN1CCN([C@H](c2ccccc2F)c2nnnn2C(C)(C)CC)CC1. The molecule has 0 aliphatic carbocycles. The van der Waals surface area contributed by atoms with Gasteiger partial charge in [-0.3, -0.25) is 4.90 Å². The molecule has 26 heavy (non-hydrogen) atoms. The van der Waals surface area contributed by atoms with Gasteiger partial charge in [0.25, 0.3) is 0 Å². The second kappa shape index (κ2) is 7.80. The molecular weight excluding hydrogens is 331 g/mol. The number of aromatic nitrogens is 4. The third-order valence-corrected chi connectivity index (χ3v) is 5.60. The quantitative estimate of drug-likeness (QED) is 0.793. The van der Waals surface area contributed by atoms with E-state index in [1.165, 1.54) is 6.07 Å². The Hall–Kier alpha value is -1.86. The van der Waals surface area contributed by atoms with Crippen LogP contribution in [0.3, 0.4) is 0 Å². The number of piperazine rings is 1. The van der Waals surface area contributed by atoms with E-state index in [0.29, 0.717) is 11.4 Å². The highest BCUT2D eigenvalue weighted by molar-refractivity contribution is 5.27. The number of rotatable bonds is 6. The lowest BCUT2D eigenvalue weighted by Gasteiger charge is -2.39. The molecule has 2 aromatic rings. The summed E-state index contributed by atoms with van der Waals surface area (Å²) in [6.07, 6.45) is 0.888. The van der Waals surface area contributed by atoms with E-state index < -0.39 is 0 Å². The van der Waals surface area contributed by atoms with E-state index in [4.69, 9.17) is 0 Å². The Morgan fingerprint density at radius 3 is 2.42 bits per heavy atom. The first-order valence-electron chi connectivity index (χ1n) is 9.47. The predicted octanol–water partition coefficient (Wildman–Crippen LogP) is 2.68. The molecule has 1 aliphatic rings. The molecule has 7 heteroatoms.